The summed E-state index contributed by atoms with van der Waals surface area (Å²) in [5.41, 5.74) is 0.756. The summed E-state index contributed by atoms with van der Waals surface area (Å²) in [7, 11) is 0. The van der Waals surface area contributed by atoms with E-state index in [1.807, 2.05) is 6.92 Å². The first-order valence-corrected chi connectivity index (χ1v) is 6.85. The molecule has 1 aromatic carbocycles. The number of halogens is 1. The summed E-state index contributed by atoms with van der Waals surface area (Å²) in [6.07, 6.45) is 3.44. The number of esters is 1. The Morgan fingerprint density at radius 2 is 2.14 bits per heavy atom. The molecule has 0 saturated carbocycles. The first-order valence-electron chi connectivity index (χ1n) is 6.85. The Bertz CT molecular complexity index is 653. The third kappa shape index (κ3) is 3.33. The van der Waals surface area contributed by atoms with Crippen molar-refractivity contribution >= 4 is 12.0 Å². The molecular weight excluding hydrogens is 287 g/mol. The van der Waals surface area contributed by atoms with Crippen molar-refractivity contribution in [3.05, 3.63) is 59.1 Å². The molecule has 5 nitrogen and oxygen atoms in total. The van der Waals surface area contributed by atoms with Gasteiger partial charge in [-0.25, -0.2) is 14.0 Å². The molecule has 2 rings (SSSR count). The van der Waals surface area contributed by atoms with Gasteiger partial charge in [-0.2, -0.15) is 0 Å². The lowest BCUT2D eigenvalue weighted by Crippen LogP contribution is -2.45. The van der Waals surface area contributed by atoms with Gasteiger partial charge in [-0.05, 0) is 19.9 Å². The highest BCUT2D eigenvalue weighted by atomic mass is 19.1. The van der Waals surface area contributed by atoms with Crippen LogP contribution in [0.2, 0.25) is 0 Å². The average Bonchev–Trinajstić information content (AvgIpc) is 2.47. The zero-order valence-electron chi connectivity index (χ0n) is 12.4. The molecule has 1 aliphatic rings. The molecule has 0 saturated heterocycles. The van der Waals surface area contributed by atoms with Gasteiger partial charge in [0.1, 0.15) is 12.4 Å². The fourth-order valence-electron chi connectivity index (χ4n) is 2.20. The predicted octanol–water partition coefficient (Wildman–Crippen LogP) is 2.57. The summed E-state index contributed by atoms with van der Waals surface area (Å²) in [6.45, 7) is 3.51. The third-order valence-corrected chi connectivity index (χ3v) is 3.25. The van der Waals surface area contributed by atoms with Gasteiger partial charge in [0, 0.05) is 11.3 Å². The molecule has 116 valence electrons. The molecule has 0 spiro atoms. The highest BCUT2D eigenvalue weighted by molar-refractivity contribution is 5.95. The molecule has 2 amide bonds. The lowest BCUT2D eigenvalue weighted by Gasteiger charge is -2.28. The molecule has 2 N–H and O–H groups in total. The highest BCUT2D eigenvalue weighted by Gasteiger charge is 2.33. The van der Waals surface area contributed by atoms with E-state index in [1.54, 1.807) is 31.2 Å². The Kier molecular flexibility index (Phi) is 4.93. The van der Waals surface area contributed by atoms with Crippen LogP contribution < -0.4 is 10.6 Å². The van der Waals surface area contributed by atoms with Crippen LogP contribution in [0.25, 0.3) is 0 Å². The molecular formula is C16H17FN2O3. The van der Waals surface area contributed by atoms with E-state index >= 15 is 0 Å². The molecule has 1 aromatic rings. The Morgan fingerprint density at radius 1 is 1.41 bits per heavy atom. The van der Waals surface area contributed by atoms with E-state index in [0.29, 0.717) is 5.70 Å². The number of hydrogen-bond donors (Lipinski definition) is 2. The standard InChI is InChI=1S/C16H17FN2O3/c1-3-4-9-22-15(20)13-10(2)18-16(21)19-14(13)11-7-5-6-8-12(11)17/h3-8,14H,9H2,1-2H3,(H2,18,19,21)/b4-3+/t14-/m0/s1. The third-order valence-electron chi connectivity index (χ3n) is 3.25. The molecule has 0 bridgehead atoms. The predicted molar refractivity (Wildman–Crippen MR) is 79.3 cm³/mol. The number of hydrogen-bond acceptors (Lipinski definition) is 3. The van der Waals surface area contributed by atoms with Crippen LogP contribution >= 0.6 is 0 Å². The van der Waals surface area contributed by atoms with E-state index in [-0.39, 0.29) is 17.7 Å². The SMILES string of the molecule is C/C=C/COC(=O)C1=C(C)NC(=O)N[C@H]1c1ccccc1F. The summed E-state index contributed by atoms with van der Waals surface area (Å²) >= 11 is 0. The van der Waals surface area contributed by atoms with Crippen LogP contribution in [0.4, 0.5) is 9.18 Å². The quantitative estimate of drug-likeness (QED) is 0.663. The molecule has 22 heavy (non-hydrogen) atoms. The normalized spacial score (nSPS) is 18.1. The average molecular weight is 304 g/mol. The topological polar surface area (TPSA) is 67.4 Å². The minimum atomic E-state index is -0.881. The summed E-state index contributed by atoms with van der Waals surface area (Å²) < 4.78 is 19.1. The maximum atomic E-state index is 14.0. The number of rotatable bonds is 4. The van der Waals surface area contributed by atoms with Gasteiger partial charge in [-0.15, -0.1) is 0 Å². The van der Waals surface area contributed by atoms with Crippen LogP contribution in [0, 0.1) is 5.82 Å². The minimum Gasteiger partial charge on any atom is -0.458 e. The number of ether oxygens (including phenoxy) is 1. The Labute approximate surface area is 127 Å². The van der Waals surface area contributed by atoms with Crippen LogP contribution in [0.15, 0.2) is 47.7 Å². The molecule has 0 unspecified atom stereocenters. The number of amides is 2. The van der Waals surface area contributed by atoms with Crippen molar-refractivity contribution in [2.24, 2.45) is 0 Å². The zero-order chi connectivity index (χ0) is 16.1. The molecule has 0 aromatic heterocycles. The van der Waals surface area contributed by atoms with Crippen molar-refractivity contribution in [1.29, 1.82) is 0 Å². The summed E-state index contributed by atoms with van der Waals surface area (Å²) in [5, 5.41) is 5.07. The molecule has 0 aliphatic carbocycles. The Morgan fingerprint density at radius 3 is 2.82 bits per heavy atom. The monoisotopic (exact) mass is 304 g/mol. The van der Waals surface area contributed by atoms with E-state index in [4.69, 9.17) is 4.74 Å². The van der Waals surface area contributed by atoms with Gasteiger partial charge in [0.25, 0.3) is 0 Å². The van der Waals surface area contributed by atoms with Gasteiger partial charge in [0.15, 0.2) is 0 Å². The van der Waals surface area contributed by atoms with Crippen molar-refractivity contribution < 1.29 is 18.7 Å². The minimum absolute atomic E-state index is 0.115. The van der Waals surface area contributed by atoms with Gasteiger partial charge in [0.2, 0.25) is 0 Å². The largest absolute Gasteiger partial charge is 0.458 e. The lowest BCUT2D eigenvalue weighted by atomic mass is 9.95. The van der Waals surface area contributed by atoms with Crippen molar-refractivity contribution in [1.82, 2.24) is 10.6 Å². The smallest absolute Gasteiger partial charge is 0.338 e. The van der Waals surface area contributed by atoms with Gasteiger partial charge in [0.05, 0.1) is 11.6 Å². The van der Waals surface area contributed by atoms with Gasteiger partial charge < -0.3 is 15.4 Å². The van der Waals surface area contributed by atoms with E-state index in [2.05, 4.69) is 10.6 Å². The van der Waals surface area contributed by atoms with Crippen molar-refractivity contribution in [3.63, 3.8) is 0 Å². The number of carbonyl (C=O) groups excluding carboxylic acids is 2. The fourth-order valence-corrected chi connectivity index (χ4v) is 2.20. The maximum absolute atomic E-state index is 14.0. The van der Waals surface area contributed by atoms with Crippen molar-refractivity contribution in [2.45, 2.75) is 19.9 Å². The number of carbonyl (C=O) groups is 2. The van der Waals surface area contributed by atoms with Gasteiger partial charge in [-0.1, -0.05) is 30.4 Å². The molecule has 6 heteroatoms. The Hall–Kier alpha value is -2.63. The zero-order valence-corrected chi connectivity index (χ0v) is 12.4. The summed E-state index contributed by atoms with van der Waals surface area (Å²) in [6, 6.07) is 4.62. The summed E-state index contributed by atoms with van der Waals surface area (Å²) in [4.78, 5) is 23.9. The van der Waals surface area contributed by atoms with Crippen molar-refractivity contribution in [2.75, 3.05) is 6.61 Å². The van der Waals surface area contributed by atoms with Crippen LogP contribution in [0.1, 0.15) is 25.5 Å². The maximum Gasteiger partial charge on any atom is 0.338 e. The van der Waals surface area contributed by atoms with Gasteiger partial charge >= 0.3 is 12.0 Å². The first kappa shape index (κ1) is 15.8. The van der Waals surface area contributed by atoms with Crippen molar-refractivity contribution in [3.8, 4) is 0 Å². The van der Waals surface area contributed by atoms with E-state index < -0.39 is 23.9 Å². The Balaban J connectivity index is 2.37. The second-order valence-electron chi connectivity index (χ2n) is 4.76. The molecule has 1 heterocycles. The van der Waals surface area contributed by atoms with Crippen LogP contribution in [0.5, 0.6) is 0 Å². The molecule has 1 aliphatic heterocycles. The van der Waals surface area contributed by atoms with E-state index in [9.17, 15) is 14.0 Å². The van der Waals surface area contributed by atoms with E-state index in [1.165, 1.54) is 12.1 Å². The molecule has 0 fully saturated rings. The fraction of sp³-hybridized carbons (Fsp3) is 0.250. The highest BCUT2D eigenvalue weighted by Crippen LogP contribution is 2.29. The van der Waals surface area contributed by atoms with E-state index in [0.717, 1.165) is 0 Å². The number of benzene rings is 1. The summed E-state index contributed by atoms with van der Waals surface area (Å²) in [5.74, 6) is -1.10. The molecule has 1 atom stereocenters. The van der Waals surface area contributed by atoms with Crippen LogP contribution in [0.3, 0.4) is 0 Å². The number of allylic oxidation sites excluding steroid dienone is 2. The van der Waals surface area contributed by atoms with Crippen LogP contribution in [-0.2, 0) is 9.53 Å². The first-order chi connectivity index (χ1) is 10.5. The van der Waals surface area contributed by atoms with Gasteiger partial charge in [-0.3, -0.25) is 0 Å². The number of nitrogens with one attached hydrogen (secondary N) is 2. The number of urea groups is 1. The second-order valence-corrected chi connectivity index (χ2v) is 4.76. The second kappa shape index (κ2) is 6.89. The lowest BCUT2D eigenvalue weighted by molar-refractivity contribution is -0.138. The van der Waals surface area contributed by atoms with Crippen LogP contribution in [-0.4, -0.2) is 18.6 Å². The molecule has 0 radical (unpaired) electrons.